The number of anilines is 1. The summed E-state index contributed by atoms with van der Waals surface area (Å²) in [6.45, 7) is 1.80. The van der Waals surface area contributed by atoms with Gasteiger partial charge < -0.3 is 15.7 Å². The van der Waals surface area contributed by atoms with Crippen LogP contribution in [0.25, 0.3) is 5.69 Å². The average molecular weight is 364 g/mol. The number of carbonyl (C=O) groups is 1. The molecule has 4 rings (SSSR count). The van der Waals surface area contributed by atoms with E-state index in [0.717, 1.165) is 22.4 Å². The highest BCUT2D eigenvalue weighted by Gasteiger charge is 2.38. The maximum absolute atomic E-state index is 12.5. The van der Waals surface area contributed by atoms with E-state index in [1.54, 1.807) is 10.7 Å². The molecule has 0 aliphatic heterocycles. The second kappa shape index (κ2) is 6.81. The van der Waals surface area contributed by atoms with Gasteiger partial charge in [-0.2, -0.15) is 0 Å². The second-order valence-corrected chi connectivity index (χ2v) is 6.90. The summed E-state index contributed by atoms with van der Waals surface area (Å²) in [6, 6.07) is 13.2. The van der Waals surface area contributed by atoms with Crippen LogP contribution >= 0.6 is 0 Å². The number of nitrogens with one attached hydrogen (secondary N) is 2. The highest BCUT2D eigenvalue weighted by atomic mass is 16.3. The van der Waals surface area contributed by atoms with E-state index >= 15 is 0 Å². The summed E-state index contributed by atoms with van der Waals surface area (Å²) in [4.78, 5) is 12.5. The molecule has 0 unspecified atom stereocenters. The number of aryl methyl sites for hydroxylation is 1. The minimum atomic E-state index is -0.671. The van der Waals surface area contributed by atoms with Gasteiger partial charge in [-0.1, -0.05) is 24.3 Å². The number of urea groups is 1. The maximum atomic E-state index is 12.5. The van der Waals surface area contributed by atoms with Crippen molar-refractivity contribution in [3.63, 3.8) is 0 Å². The molecule has 0 radical (unpaired) electrons. The number of aromatic nitrogens is 4. The van der Waals surface area contributed by atoms with Gasteiger partial charge in [-0.15, -0.1) is 5.10 Å². The third-order valence-electron chi connectivity index (χ3n) is 4.91. The molecule has 3 N–H and O–H groups in total. The molecule has 2 amide bonds. The first kappa shape index (κ1) is 17.2. The number of tetrazole rings is 1. The predicted molar refractivity (Wildman–Crippen MR) is 99.7 cm³/mol. The zero-order chi connectivity index (χ0) is 18.9. The predicted octanol–water partition coefficient (Wildman–Crippen LogP) is 1.62. The summed E-state index contributed by atoms with van der Waals surface area (Å²) in [5.74, 6) is 0. The molecule has 138 valence electrons. The van der Waals surface area contributed by atoms with Crippen LogP contribution in [0.3, 0.4) is 0 Å². The SMILES string of the molecule is Cc1cc(NC(=O)NC2(CO)Cc3ccccc3C2)ccc1-n1cnnn1. The Kier molecular flexibility index (Phi) is 4.33. The number of nitrogens with zero attached hydrogens (tertiary/aromatic N) is 4. The lowest BCUT2D eigenvalue weighted by Crippen LogP contribution is -2.53. The quantitative estimate of drug-likeness (QED) is 0.652. The topological polar surface area (TPSA) is 105 Å². The van der Waals surface area contributed by atoms with E-state index in [0.29, 0.717) is 18.5 Å². The van der Waals surface area contributed by atoms with Gasteiger partial charge >= 0.3 is 6.03 Å². The molecule has 0 saturated carbocycles. The number of hydrogen-bond acceptors (Lipinski definition) is 5. The first-order valence-corrected chi connectivity index (χ1v) is 8.69. The number of carbonyl (C=O) groups excluding carboxylic acids is 1. The molecule has 0 fully saturated rings. The first-order valence-electron chi connectivity index (χ1n) is 8.69. The molecule has 1 aromatic heterocycles. The van der Waals surface area contributed by atoms with Crippen molar-refractivity contribution in [1.82, 2.24) is 25.5 Å². The van der Waals surface area contributed by atoms with E-state index in [4.69, 9.17) is 0 Å². The van der Waals surface area contributed by atoms with Crippen molar-refractivity contribution < 1.29 is 9.90 Å². The third kappa shape index (κ3) is 3.39. The number of fused-ring (bicyclic) bond motifs is 1. The van der Waals surface area contributed by atoms with Gasteiger partial charge in [0.15, 0.2) is 0 Å². The molecule has 27 heavy (non-hydrogen) atoms. The molecule has 2 aromatic carbocycles. The lowest BCUT2D eigenvalue weighted by Gasteiger charge is -2.28. The fourth-order valence-corrected chi connectivity index (χ4v) is 3.60. The van der Waals surface area contributed by atoms with Gasteiger partial charge in [-0.25, -0.2) is 9.48 Å². The summed E-state index contributed by atoms with van der Waals surface area (Å²) in [7, 11) is 0. The van der Waals surface area contributed by atoms with Crippen LogP contribution in [-0.2, 0) is 12.8 Å². The van der Waals surface area contributed by atoms with Crippen molar-refractivity contribution in [3.8, 4) is 5.69 Å². The van der Waals surface area contributed by atoms with Crippen molar-refractivity contribution in [2.24, 2.45) is 0 Å². The molecule has 1 aliphatic carbocycles. The monoisotopic (exact) mass is 364 g/mol. The van der Waals surface area contributed by atoms with Gasteiger partial charge in [0.25, 0.3) is 0 Å². The molecule has 1 aliphatic rings. The average Bonchev–Trinajstić information content (AvgIpc) is 3.29. The molecule has 8 heteroatoms. The Morgan fingerprint density at radius 3 is 2.56 bits per heavy atom. The number of aliphatic hydroxyl groups is 1. The van der Waals surface area contributed by atoms with Crippen LogP contribution in [0, 0.1) is 6.92 Å². The standard InChI is InChI=1S/C19H20N6O2/c1-13-8-16(6-7-17(13)25-12-20-23-24-25)21-18(27)22-19(11-26)9-14-4-2-3-5-15(14)10-19/h2-8,12,26H,9-11H2,1H3,(H2,21,22,27). The maximum Gasteiger partial charge on any atom is 0.319 e. The van der Waals surface area contributed by atoms with Crippen LogP contribution in [0.1, 0.15) is 16.7 Å². The Bertz CT molecular complexity index is 945. The van der Waals surface area contributed by atoms with Crippen molar-refractivity contribution in [3.05, 3.63) is 65.5 Å². The van der Waals surface area contributed by atoms with E-state index < -0.39 is 5.54 Å². The summed E-state index contributed by atoms with van der Waals surface area (Å²) in [5, 5.41) is 26.9. The summed E-state index contributed by atoms with van der Waals surface area (Å²) < 4.78 is 1.57. The minimum Gasteiger partial charge on any atom is -0.394 e. The molecule has 0 spiro atoms. The largest absolute Gasteiger partial charge is 0.394 e. The van der Waals surface area contributed by atoms with Gasteiger partial charge in [0.1, 0.15) is 6.33 Å². The smallest absolute Gasteiger partial charge is 0.319 e. The molecule has 3 aromatic rings. The minimum absolute atomic E-state index is 0.119. The lowest BCUT2D eigenvalue weighted by atomic mass is 9.97. The molecule has 1 heterocycles. The van der Waals surface area contributed by atoms with Crippen LogP contribution in [0.2, 0.25) is 0 Å². The van der Waals surface area contributed by atoms with E-state index in [1.165, 1.54) is 6.33 Å². The van der Waals surface area contributed by atoms with Gasteiger partial charge in [-0.05, 0) is 65.1 Å². The molecule has 0 atom stereocenters. The van der Waals surface area contributed by atoms with Gasteiger partial charge in [-0.3, -0.25) is 0 Å². The fourth-order valence-electron chi connectivity index (χ4n) is 3.60. The number of amides is 2. The Balaban J connectivity index is 1.46. The van der Waals surface area contributed by atoms with E-state index in [9.17, 15) is 9.90 Å². The molecular formula is C19H20N6O2. The zero-order valence-electron chi connectivity index (χ0n) is 14.9. The lowest BCUT2D eigenvalue weighted by molar-refractivity contribution is 0.170. The Morgan fingerprint density at radius 2 is 1.96 bits per heavy atom. The normalized spacial score (nSPS) is 14.6. The molecule has 0 saturated heterocycles. The molecule has 0 bridgehead atoms. The highest BCUT2D eigenvalue weighted by molar-refractivity contribution is 5.90. The van der Waals surface area contributed by atoms with Crippen LogP contribution in [0.5, 0.6) is 0 Å². The van der Waals surface area contributed by atoms with Crippen molar-refractivity contribution in [2.75, 3.05) is 11.9 Å². The zero-order valence-corrected chi connectivity index (χ0v) is 14.9. The van der Waals surface area contributed by atoms with Crippen LogP contribution in [0.15, 0.2) is 48.8 Å². The third-order valence-corrected chi connectivity index (χ3v) is 4.91. The van der Waals surface area contributed by atoms with Crippen LogP contribution in [0.4, 0.5) is 10.5 Å². The number of aliphatic hydroxyl groups excluding tert-OH is 1. The van der Waals surface area contributed by atoms with Gasteiger partial charge in [0, 0.05) is 5.69 Å². The Hall–Kier alpha value is -3.26. The highest BCUT2D eigenvalue weighted by Crippen LogP contribution is 2.30. The Morgan fingerprint density at radius 1 is 1.22 bits per heavy atom. The summed E-state index contributed by atoms with van der Waals surface area (Å²) in [6.07, 6.45) is 2.75. The van der Waals surface area contributed by atoms with Crippen molar-refractivity contribution in [1.29, 1.82) is 0 Å². The van der Waals surface area contributed by atoms with Gasteiger partial charge in [0.2, 0.25) is 0 Å². The van der Waals surface area contributed by atoms with E-state index in [-0.39, 0.29) is 12.6 Å². The van der Waals surface area contributed by atoms with Crippen LogP contribution in [-0.4, -0.2) is 43.5 Å². The summed E-state index contributed by atoms with van der Waals surface area (Å²) >= 11 is 0. The molecular weight excluding hydrogens is 344 g/mol. The van der Waals surface area contributed by atoms with Crippen molar-refractivity contribution >= 4 is 11.7 Å². The molecule has 8 nitrogen and oxygen atoms in total. The second-order valence-electron chi connectivity index (χ2n) is 6.90. The number of benzene rings is 2. The fraction of sp³-hybridized carbons (Fsp3) is 0.263. The first-order chi connectivity index (χ1) is 13.1. The van der Waals surface area contributed by atoms with E-state index in [1.807, 2.05) is 43.3 Å². The van der Waals surface area contributed by atoms with Crippen LogP contribution < -0.4 is 10.6 Å². The van der Waals surface area contributed by atoms with Crippen molar-refractivity contribution in [2.45, 2.75) is 25.3 Å². The van der Waals surface area contributed by atoms with Gasteiger partial charge in [0.05, 0.1) is 17.8 Å². The Labute approximate surface area is 156 Å². The number of hydrogen-bond donors (Lipinski definition) is 3. The summed E-state index contributed by atoms with van der Waals surface area (Å²) in [5.41, 5.74) is 4.07. The van der Waals surface area contributed by atoms with E-state index in [2.05, 4.69) is 26.2 Å². The number of rotatable bonds is 4.